The fraction of sp³-hybridized carbons (Fsp3) is 0.900. The normalized spacial score (nSPS) is 25.9. The Bertz CT molecular complexity index is 216. The second kappa shape index (κ2) is 4.28. The molecule has 0 radical (unpaired) electrons. The molecule has 1 rings (SSSR count). The fourth-order valence-electron chi connectivity index (χ4n) is 2.08. The van der Waals surface area contributed by atoms with Crippen molar-refractivity contribution in [3.8, 4) is 0 Å². The summed E-state index contributed by atoms with van der Waals surface area (Å²) in [5, 5.41) is 0. The van der Waals surface area contributed by atoms with Crippen molar-refractivity contribution < 1.29 is 9.53 Å². The number of amides is 1. The number of nitrogens with zero attached hydrogens (tertiary/aromatic N) is 1. The number of carbonyl (C=O) groups excluding carboxylic acids is 1. The van der Waals surface area contributed by atoms with Gasteiger partial charge in [0, 0.05) is 31.5 Å². The van der Waals surface area contributed by atoms with Crippen LogP contribution in [0.25, 0.3) is 0 Å². The topological polar surface area (TPSA) is 55.6 Å². The van der Waals surface area contributed by atoms with Crippen molar-refractivity contribution in [1.82, 2.24) is 4.90 Å². The van der Waals surface area contributed by atoms with E-state index >= 15 is 0 Å². The number of carbonyl (C=O) groups is 1. The molecule has 1 aliphatic heterocycles. The maximum absolute atomic E-state index is 11.7. The first-order valence-corrected chi connectivity index (χ1v) is 5.03. The molecule has 14 heavy (non-hydrogen) atoms. The van der Waals surface area contributed by atoms with Crippen LogP contribution < -0.4 is 5.73 Å². The molecule has 4 nitrogen and oxygen atoms in total. The molecule has 0 saturated carbocycles. The lowest BCUT2D eigenvalue weighted by atomic mass is 9.88. The van der Waals surface area contributed by atoms with Crippen LogP contribution in [-0.4, -0.2) is 43.2 Å². The van der Waals surface area contributed by atoms with Crippen molar-refractivity contribution >= 4 is 5.91 Å². The van der Waals surface area contributed by atoms with Gasteiger partial charge in [-0.1, -0.05) is 0 Å². The number of methoxy groups -OCH3 is 1. The van der Waals surface area contributed by atoms with Crippen molar-refractivity contribution in [2.75, 3.05) is 26.8 Å². The van der Waals surface area contributed by atoms with Gasteiger partial charge in [0.2, 0.25) is 5.91 Å². The summed E-state index contributed by atoms with van der Waals surface area (Å²) in [6.45, 7) is 5.98. The lowest BCUT2D eigenvalue weighted by Gasteiger charge is -2.35. The van der Waals surface area contributed by atoms with Gasteiger partial charge >= 0.3 is 0 Å². The highest BCUT2D eigenvalue weighted by Crippen LogP contribution is 2.34. The Labute approximate surface area is 85.4 Å². The van der Waals surface area contributed by atoms with E-state index in [0.717, 1.165) is 0 Å². The summed E-state index contributed by atoms with van der Waals surface area (Å²) in [7, 11) is 1.65. The van der Waals surface area contributed by atoms with Gasteiger partial charge in [0.15, 0.2) is 0 Å². The highest BCUT2D eigenvalue weighted by Gasteiger charge is 2.44. The maximum Gasteiger partial charge on any atom is 0.223 e. The van der Waals surface area contributed by atoms with E-state index in [1.54, 1.807) is 7.11 Å². The fourth-order valence-corrected chi connectivity index (χ4v) is 2.08. The highest BCUT2D eigenvalue weighted by molar-refractivity contribution is 5.80. The molecule has 1 saturated heterocycles. The smallest absolute Gasteiger partial charge is 0.223 e. The molecule has 1 aliphatic rings. The first-order valence-electron chi connectivity index (χ1n) is 5.03. The third kappa shape index (κ3) is 1.91. The van der Waals surface area contributed by atoms with E-state index in [1.165, 1.54) is 0 Å². The minimum atomic E-state index is -0.121. The Morgan fingerprint density at radius 2 is 2.29 bits per heavy atom. The highest BCUT2D eigenvalue weighted by atomic mass is 16.5. The van der Waals surface area contributed by atoms with E-state index in [4.69, 9.17) is 10.5 Å². The average Bonchev–Trinajstić information content (AvgIpc) is 2.34. The summed E-state index contributed by atoms with van der Waals surface area (Å²) in [5.74, 6) is 0.467. The Morgan fingerprint density at radius 3 is 2.71 bits per heavy atom. The summed E-state index contributed by atoms with van der Waals surface area (Å²) in [5.41, 5.74) is 5.53. The number of hydrogen-bond donors (Lipinski definition) is 1. The van der Waals surface area contributed by atoms with Crippen molar-refractivity contribution in [3.63, 3.8) is 0 Å². The van der Waals surface area contributed by atoms with Gasteiger partial charge in [0.05, 0.1) is 6.61 Å². The second-order valence-corrected chi connectivity index (χ2v) is 4.33. The van der Waals surface area contributed by atoms with E-state index < -0.39 is 0 Å². The van der Waals surface area contributed by atoms with Gasteiger partial charge < -0.3 is 15.4 Å². The predicted octanol–water partition coefficient (Wildman–Crippen LogP) is 0.219. The first-order chi connectivity index (χ1) is 6.54. The van der Waals surface area contributed by atoms with Gasteiger partial charge in [-0.05, 0) is 20.4 Å². The Hall–Kier alpha value is -0.610. The zero-order valence-corrected chi connectivity index (χ0v) is 9.25. The third-order valence-electron chi connectivity index (χ3n) is 3.22. The monoisotopic (exact) mass is 200 g/mol. The molecular weight excluding hydrogens is 180 g/mol. The predicted molar refractivity (Wildman–Crippen MR) is 54.8 cm³/mol. The molecule has 1 heterocycles. The summed E-state index contributed by atoms with van der Waals surface area (Å²) in [4.78, 5) is 13.6. The summed E-state index contributed by atoms with van der Waals surface area (Å²) >= 11 is 0. The van der Waals surface area contributed by atoms with E-state index in [1.807, 2.05) is 4.90 Å². The van der Waals surface area contributed by atoms with Crippen LogP contribution in [0.15, 0.2) is 0 Å². The van der Waals surface area contributed by atoms with Crippen LogP contribution in [0.1, 0.15) is 20.3 Å². The standard InChI is InChI=1S/C10H20N2O2/c1-10(2)8(7-11)6-9(13)12(10)4-5-14-3/h8H,4-7,11H2,1-3H3. The number of nitrogens with two attached hydrogens (primary N) is 1. The van der Waals surface area contributed by atoms with Crippen LogP contribution in [0.2, 0.25) is 0 Å². The Kier molecular flexibility index (Phi) is 3.50. The van der Waals surface area contributed by atoms with Crippen molar-refractivity contribution in [1.29, 1.82) is 0 Å². The van der Waals surface area contributed by atoms with Gasteiger partial charge in [0.25, 0.3) is 0 Å². The lowest BCUT2D eigenvalue weighted by Crippen LogP contribution is -2.47. The number of ether oxygens (including phenoxy) is 1. The lowest BCUT2D eigenvalue weighted by molar-refractivity contribution is -0.131. The summed E-state index contributed by atoms with van der Waals surface area (Å²) in [6, 6.07) is 0. The van der Waals surface area contributed by atoms with Crippen molar-refractivity contribution in [2.24, 2.45) is 11.7 Å². The zero-order valence-electron chi connectivity index (χ0n) is 9.25. The molecule has 0 aliphatic carbocycles. The Balaban J connectivity index is 2.68. The van der Waals surface area contributed by atoms with Crippen LogP contribution in [0.5, 0.6) is 0 Å². The molecule has 0 aromatic rings. The molecule has 1 fully saturated rings. The van der Waals surface area contributed by atoms with Crippen LogP contribution in [0.4, 0.5) is 0 Å². The molecule has 4 heteroatoms. The second-order valence-electron chi connectivity index (χ2n) is 4.33. The van der Waals surface area contributed by atoms with Gasteiger partial charge in [-0.15, -0.1) is 0 Å². The Morgan fingerprint density at radius 1 is 1.64 bits per heavy atom. The van der Waals surface area contributed by atoms with E-state index in [9.17, 15) is 4.79 Å². The van der Waals surface area contributed by atoms with Crippen molar-refractivity contribution in [2.45, 2.75) is 25.8 Å². The minimum absolute atomic E-state index is 0.121. The molecule has 0 aromatic heterocycles. The minimum Gasteiger partial charge on any atom is -0.383 e. The molecule has 2 N–H and O–H groups in total. The van der Waals surface area contributed by atoms with Gasteiger partial charge in [-0.3, -0.25) is 4.79 Å². The molecule has 1 amide bonds. The molecule has 82 valence electrons. The first kappa shape index (κ1) is 11.5. The van der Waals surface area contributed by atoms with Crippen LogP contribution >= 0.6 is 0 Å². The number of likely N-dealkylation sites (tertiary alicyclic amines) is 1. The third-order valence-corrected chi connectivity index (χ3v) is 3.22. The van der Waals surface area contributed by atoms with Crippen LogP contribution in [0.3, 0.4) is 0 Å². The summed E-state index contributed by atoms with van der Waals surface area (Å²) in [6.07, 6.45) is 0.577. The molecular formula is C10H20N2O2. The molecule has 1 unspecified atom stereocenters. The van der Waals surface area contributed by atoms with E-state index in [2.05, 4.69) is 13.8 Å². The number of hydrogen-bond acceptors (Lipinski definition) is 3. The number of rotatable bonds is 4. The quantitative estimate of drug-likeness (QED) is 0.706. The molecule has 0 spiro atoms. The maximum atomic E-state index is 11.7. The SMILES string of the molecule is COCCN1C(=O)CC(CN)C1(C)C. The van der Waals surface area contributed by atoms with Gasteiger partial charge in [-0.25, -0.2) is 0 Å². The average molecular weight is 200 g/mol. The molecule has 1 atom stereocenters. The largest absolute Gasteiger partial charge is 0.383 e. The van der Waals surface area contributed by atoms with E-state index in [-0.39, 0.29) is 17.4 Å². The van der Waals surface area contributed by atoms with Gasteiger partial charge in [0.1, 0.15) is 0 Å². The van der Waals surface area contributed by atoms with Crippen molar-refractivity contribution in [3.05, 3.63) is 0 Å². The van der Waals surface area contributed by atoms with Crippen LogP contribution in [-0.2, 0) is 9.53 Å². The summed E-state index contributed by atoms with van der Waals surface area (Å²) < 4.78 is 4.99. The zero-order chi connectivity index (χ0) is 10.8. The van der Waals surface area contributed by atoms with Gasteiger partial charge in [-0.2, -0.15) is 0 Å². The van der Waals surface area contributed by atoms with Crippen LogP contribution in [0, 0.1) is 5.92 Å². The molecule has 0 aromatic carbocycles. The molecule has 0 bridgehead atoms. The van der Waals surface area contributed by atoms with E-state index in [0.29, 0.717) is 26.1 Å².